The summed E-state index contributed by atoms with van der Waals surface area (Å²) >= 11 is 1.23. The van der Waals surface area contributed by atoms with Crippen molar-refractivity contribution in [1.29, 1.82) is 0 Å². The quantitative estimate of drug-likeness (QED) is 0.0842. The van der Waals surface area contributed by atoms with Crippen LogP contribution in [0.4, 0.5) is 5.13 Å². The number of rotatable bonds is 13. The second kappa shape index (κ2) is 11.9. The smallest absolute Gasteiger partial charge is 0.203 e. The number of nitrogens with one attached hydrogen (secondary N) is 1. The lowest BCUT2D eigenvalue weighted by atomic mass is 10.0. The summed E-state index contributed by atoms with van der Waals surface area (Å²) in [5.74, 6) is 1.27. The van der Waals surface area contributed by atoms with E-state index in [1.807, 2.05) is 35.1 Å². The molecule has 11 nitrogen and oxygen atoms in total. The summed E-state index contributed by atoms with van der Waals surface area (Å²) in [6.45, 7) is 3.99. The SMILES string of the molecule is NCC(O)Cn1cc(-c2ccc(OCCO/N=C(\C=O)c3csc(N)n3)cc2)c[n+]1CC1CNC1. The average molecular weight is 501 g/mol. The summed E-state index contributed by atoms with van der Waals surface area (Å²) in [6, 6.07) is 7.75. The normalized spacial score (nSPS) is 15.0. The lowest BCUT2D eigenvalue weighted by Crippen LogP contribution is -2.54. The first kappa shape index (κ1) is 24.8. The maximum Gasteiger partial charge on any atom is 0.203 e. The fourth-order valence-corrected chi connectivity index (χ4v) is 4.15. The highest BCUT2D eigenvalue weighted by molar-refractivity contribution is 7.13. The van der Waals surface area contributed by atoms with E-state index in [1.165, 1.54) is 11.3 Å². The Morgan fingerprint density at radius 2 is 2.14 bits per heavy atom. The van der Waals surface area contributed by atoms with E-state index in [0.29, 0.717) is 35.3 Å². The van der Waals surface area contributed by atoms with E-state index in [1.54, 1.807) is 5.38 Å². The van der Waals surface area contributed by atoms with Gasteiger partial charge in [-0.05, 0) is 17.7 Å². The molecule has 12 heteroatoms. The van der Waals surface area contributed by atoms with Crippen LogP contribution in [0, 0.1) is 5.92 Å². The molecule has 2 aromatic heterocycles. The van der Waals surface area contributed by atoms with Gasteiger partial charge in [-0.3, -0.25) is 4.79 Å². The fourth-order valence-electron chi connectivity index (χ4n) is 3.59. The first-order valence-corrected chi connectivity index (χ1v) is 12.2. The van der Waals surface area contributed by atoms with Crippen LogP contribution >= 0.6 is 11.3 Å². The summed E-state index contributed by atoms with van der Waals surface area (Å²) in [5, 5.41) is 19.1. The maximum absolute atomic E-state index is 11.2. The third-order valence-corrected chi connectivity index (χ3v) is 6.25. The molecule has 0 amide bonds. The van der Waals surface area contributed by atoms with Gasteiger partial charge in [0.2, 0.25) is 6.20 Å². The van der Waals surface area contributed by atoms with Crippen LogP contribution in [-0.2, 0) is 22.7 Å². The molecule has 0 bridgehead atoms. The van der Waals surface area contributed by atoms with Crippen molar-refractivity contribution >= 4 is 28.5 Å². The van der Waals surface area contributed by atoms with Crippen LogP contribution in [-0.4, -0.2) is 65.7 Å². The minimum atomic E-state index is -0.592. The number of hydrogen-bond donors (Lipinski definition) is 4. The molecular formula is C23H30N7O4S+. The van der Waals surface area contributed by atoms with Gasteiger partial charge < -0.3 is 31.5 Å². The van der Waals surface area contributed by atoms with Gasteiger partial charge >= 0.3 is 0 Å². The molecule has 35 heavy (non-hydrogen) atoms. The molecule has 1 aliphatic heterocycles. The second-order valence-corrected chi connectivity index (χ2v) is 9.13. The third-order valence-electron chi connectivity index (χ3n) is 5.58. The van der Waals surface area contributed by atoms with Crippen LogP contribution in [0.3, 0.4) is 0 Å². The molecule has 1 unspecified atom stereocenters. The summed E-state index contributed by atoms with van der Waals surface area (Å²) in [5.41, 5.74) is 13.8. The standard InChI is InChI=1S/C23H30N7O4S/c24-7-19(32)13-30-12-18(11-29(30)10-16-8-26-9-16)17-1-3-20(4-2-17)33-5-6-34-28-21(14-31)22-15-35-23(25)27-22/h1-4,11-12,14-16,19,26,32H,5-10,13,24H2,(H2,25,27)/q+1/b28-21+. The van der Waals surface area contributed by atoms with E-state index in [2.05, 4.69) is 26.3 Å². The van der Waals surface area contributed by atoms with E-state index in [4.69, 9.17) is 21.0 Å². The number of carbonyl (C=O) groups excluding carboxylic acids is 1. The average Bonchev–Trinajstić information content (AvgIpc) is 3.45. The maximum atomic E-state index is 11.2. The Bertz CT molecular complexity index is 1120. The minimum Gasteiger partial charge on any atom is -0.490 e. The van der Waals surface area contributed by atoms with Crippen LogP contribution in [0.25, 0.3) is 11.1 Å². The van der Waals surface area contributed by atoms with Crippen LogP contribution in [0.15, 0.2) is 47.2 Å². The Hall–Kier alpha value is -3.32. The topological polar surface area (TPSA) is 154 Å². The number of thiazole rings is 1. The van der Waals surface area contributed by atoms with Crippen molar-refractivity contribution in [3.8, 4) is 16.9 Å². The number of aliphatic hydroxyl groups excluding tert-OH is 1. The van der Waals surface area contributed by atoms with Crippen LogP contribution < -0.4 is 26.2 Å². The van der Waals surface area contributed by atoms with Crippen molar-refractivity contribution in [3.05, 3.63) is 47.7 Å². The van der Waals surface area contributed by atoms with Crippen molar-refractivity contribution in [1.82, 2.24) is 15.0 Å². The monoisotopic (exact) mass is 500 g/mol. The van der Waals surface area contributed by atoms with Crippen molar-refractivity contribution in [2.75, 3.05) is 38.6 Å². The van der Waals surface area contributed by atoms with Crippen molar-refractivity contribution in [2.45, 2.75) is 19.2 Å². The third kappa shape index (κ3) is 6.63. The zero-order chi connectivity index (χ0) is 24.6. The van der Waals surface area contributed by atoms with E-state index < -0.39 is 6.10 Å². The Labute approximate surface area is 206 Å². The van der Waals surface area contributed by atoms with Crippen LogP contribution in [0.1, 0.15) is 5.69 Å². The molecule has 1 aromatic carbocycles. The number of aldehydes is 1. The molecule has 1 aliphatic rings. The van der Waals surface area contributed by atoms with E-state index in [0.717, 1.165) is 30.8 Å². The summed E-state index contributed by atoms with van der Waals surface area (Å²) < 4.78 is 9.89. The van der Waals surface area contributed by atoms with Crippen molar-refractivity contribution < 1.29 is 24.2 Å². The molecule has 0 aliphatic carbocycles. The van der Waals surface area contributed by atoms with E-state index in [9.17, 15) is 9.90 Å². The lowest BCUT2D eigenvalue weighted by Gasteiger charge is -2.24. The number of ether oxygens (including phenoxy) is 1. The molecule has 0 saturated carbocycles. The Balaban J connectivity index is 1.32. The molecule has 3 aromatic rings. The molecule has 3 heterocycles. The predicted molar refractivity (Wildman–Crippen MR) is 132 cm³/mol. The highest BCUT2D eigenvalue weighted by Crippen LogP contribution is 2.22. The molecule has 186 valence electrons. The van der Waals surface area contributed by atoms with Gasteiger partial charge in [0.25, 0.3) is 0 Å². The summed E-state index contributed by atoms with van der Waals surface area (Å²) in [6.07, 6.45) is 4.12. The number of nitrogens with zero attached hydrogens (tertiary/aromatic N) is 4. The number of aliphatic hydroxyl groups is 1. The molecular weight excluding hydrogens is 470 g/mol. The summed E-state index contributed by atoms with van der Waals surface area (Å²) in [7, 11) is 0. The molecule has 1 atom stereocenters. The number of carbonyl (C=O) groups is 1. The lowest BCUT2D eigenvalue weighted by molar-refractivity contribution is -0.781. The first-order chi connectivity index (χ1) is 17.1. The zero-order valence-electron chi connectivity index (χ0n) is 19.2. The minimum absolute atomic E-state index is 0.0824. The highest BCUT2D eigenvalue weighted by atomic mass is 32.1. The van der Waals surface area contributed by atoms with Gasteiger partial charge in [0.1, 0.15) is 24.6 Å². The molecule has 0 spiro atoms. The zero-order valence-corrected chi connectivity index (χ0v) is 20.1. The number of benzene rings is 1. The molecule has 1 fully saturated rings. The van der Waals surface area contributed by atoms with Crippen LogP contribution in [0.5, 0.6) is 5.75 Å². The van der Waals surface area contributed by atoms with Gasteiger partial charge in [-0.2, -0.15) is 4.68 Å². The van der Waals surface area contributed by atoms with Gasteiger partial charge in [-0.1, -0.05) is 17.3 Å². The van der Waals surface area contributed by atoms with E-state index >= 15 is 0 Å². The number of hydrogen-bond acceptors (Lipinski definition) is 10. The van der Waals surface area contributed by atoms with Gasteiger partial charge in [0, 0.05) is 30.9 Å². The number of aromatic nitrogens is 3. The van der Waals surface area contributed by atoms with Gasteiger partial charge in [-0.25, -0.2) is 4.98 Å². The molecule has 1 saturated heterocycles. The predicted octanol–water partition coefficient (Wildman–Crippen LogP) is 0.0189. The highest BCUT2D eigenvalue weighted by Gasteiger charge is 2.25. The Kier molecular flexibility index (Phi) is 8.42. The largest absolute Gasteiger partial charge is 0.490 e. The van der Waals surface area contributed by atoms with E-state index in [-0.39, 0.29) is 25.5 Å². The molecule has 6 N–H and O–H groups in total. The van der Waals surface area contributed by atoms with Crippen molar-refractivity contribution in [2.24, 2.45) is 16.8 Å². The fraction of sp³-hybridized carbons (Fsp3) is 0.391. The first-order valence-electron chi connectivity index (χ1n) is 11.3. The number of nitrogens with two attached hydrogens (primary N) is 2. The molecule has 4 rings (SSSR count). The van der Waals surface area contributed by atoms with Gasteiger partial charge in [0.05, 0.1) is 17.9 Å². The van der Waals surface area contributed by atoms with Crippen LogP contribution in [0.2, 0.25) is 0 Å². The molecule has 0 radical (unpaired) electrons. The van der Waals surface area contributed by atoms with Crippen molar-refractivity contribution in [3.63, 3.8) is 0 Å². The van der Waals surface area contributed by atoms with Gasteiger partial charge in [-0.15, -0.1) is 16.0 Å². The summed E-state index contributed by atoms with van der Waals surface area (Å²) in [4.78, 5) is 20.4. The Morgan fingerprint density at radius 1 is 1.34 bits per heavy atom. The van der Waals surface area contributed by atoms with Gasteiger partial charge in [0.15, 0.2) is 30.3 Å². The number of nitrogen functional groups attached to an aromatic ring is 1. The Morgan fingerprint density at radius 3 is 2.77 bits per heavy atom. The number of anilines is 1. The second-order valence-electron chi connectivity index (χ2n) is 8.24. The number of oxime groups is 1.